The molecule has 8 nitrogen and oxygen atoms in total. The van der Waals surface area contributed by atoms with E-state index in [0.29, 0.717) is 60.9 Å². The zero-order valence-corrected chi connectivity index (χ0v) is 19.6. The molecule has 0 saturated carbocycles. The number of hydrogen-bond acceptors (Lipinski definition) is 7. The van der Waals surface area contributed by atoms with Gasteiger partial charge in [0.25, 0.3) is 5.91 Å². The van der Waals surface area contributed by atoms with E-state index in [4.69, 9.17) is 35.8 Å². The standard InChI is InChI=1S/C25H25ClN4O4/c1-32-17-6-8-18(9-7-17)34-23-20-16-30(24(31)19-4-2-3-5-21(19)26)11-10-22(20)27-25(28-23)29-12-14-33-15-13-29/h2-9H,10-16H2,1H3. The molecule has 0 unspecified atom stereocenters. The second-order valence-corrected chi connectivity index (χ2v) is 8.49. The van der Waals surface area contributed by atoms with Crippen LogP contribution in [0.3, 0.4) is 0 Å². The number of anilines is 1. The van der Waals surface area contributed by atoms with Gasteiger partial charge in [0.05, 0.1) is 48.7 Å². The summed E-state index contributed by atoms with van der Waals surface area (Å²) in [7, 11) is 1.62. The van der Waals surface area contributed by atoms with Gasteiger partial charge in [-0.25, -0.2) is 4.98 Å². The Kier molecular flexibility index (Phi) is 6.51. The normalized spacial score (nSPS) is 15.6. The summed E-state index contributed by atoms with van der Waals surface area (Å²) in [6.07, 6.45) is 0.602. The highest BCUT2D eigenvalue weighted by Gasteiger charge is 2.29. The van der Waals surface area contributed by atoms with Crippen molar-refractivity contribution in [1.29, 1.82) is 0 Å². The lowest BCUT2D eigenvalue weighted by Gasteiger charge is -2.32. The van der Waals surface area contributed by atoms with Crippen LogP contribution in [0.2, 0.25) is 5.02 Å². The van der Waals surface area contributed by atoms with E-state index in [1.165, 1.54) is 0 Å². The fourth-order valence-corrected chi connectivity index (χ4v) is 4.31. The molecule has 3 aromatic rings. The first-order chi connectivity index (χ1) is 16.6. The van der Waals surface area contributed by atoms with E-state index in [1.807, 2.05) is 36.4 Å². The average Bonchev–Trinajstić information content (AvgIpc) is 2.89. The summed E-state index contributed by atoms with van der Waals surface area (Å²) in [5.41, 5.74) is 2.18. The van der Waals surface area contributed by atoms with Gasteiger partial charge in [-0.2, -0.15) is 4.98 Å². The minimum Gasteiger partial charge on any atom is -0.497 e. The maximum absolute atomic E-state index is 13.2. The molecule has 0 aliphatic carbocycles. The average molecular weight is 481 g/mol. The number of ether oxygens (including phenoxy) is 3. The molecular formula is C25H25ClN4O4. The molecule has 9 heteroatoms. The summed E-state index contributed by atoms with van der Waals surface area (Å²) >= 11 is 6.29. The predicted molar refractivity (Wildman–Crippen MR) is 128 cm³/mol. The van der Waals surface area contributed by atoms with E-state index in [0.717, 1.165) is 30.1 Å². The Morgan fingerprint density at radius 3 is 2.47 bits per heavy atom. The first kappa shape index (κ1) is 22.4. The fraction of sp³-hybridized carbons (Fsp3) is 0.320. The van der Waals surface area contributed by atoms with Crippen molar-refractivity contribution < 1.29 is 19.0 Å². The lowest BCUT2D eigenvalue weighted by Crippen LogP contribution is -2.39. The van der Waals surface area contributed by atoms with Crippen molar-refractivity contribution in [1.82, 2.24) is 14.9 Å². The molecule has 1 amide bonds. The number of benzene rings is 2. The van der Waals surface area contributed by atoms with E-state index in [1.54, 1.807) is 24.1 Å². The number of aromatic nitrogens is 2. The highest BCUT2D eigenvalue weighted by atomic mass is 35.5. The molecule has 0 radical (unpaired) electrons. The van der Waals surface area contributed by atoms with Crippen LogP contribution in [0.25, 0.3) is 0 Å². The Morgan fingerprint density at radius 2 is 1.74 bits per heavy atom. The summed E-state index contributed by atoms with van der Waals surface area (Å²) < 4.78 is 17.0. The van der Waals surface area contributed by atoms with Gasteiger partial charge in [-0.15, -0.1) is 0 Å². The molecule has 34 heavy (non-hydrogen) atoms. The maximum Gasteiger partial charge on any atom is 0.255 e. The van der Waals surface area contributed by atoms with Crippen LogP contribution in [0.1, 0.15) is 21.6 Å². The second-order valence-electron chi connectivity index (χ2n) is 8.09. The molecule has 1 saturated heterocycles. The van der Waals surface area contributed by atoms with Gasteiger partial charge in [0.1, 0.15) is 11.5 Å². The largest absolute Gasteiger partial charge is 0.497 e. The van der Waals surface area contributed by atoms with Gasteiger partial charge < -0.3 is 24.0 Å². The zero-order chi connectivity index (χ0) is 23.5. The van der Waals surface area contributed by atoms with Crippen LogP contribution in [0, 0.1) is 0 Å². The van der Waals surface area contributed by atoms with Gasteiger partial charge in [-0.05, 0) is 36.4 Å². The summed E-state index contributed by atoms with van der Waals surface area (Å²) in [5.74, 6) is 2.32. The highest BCUT2D eigenvalue weighted by Crippen LogP contribution is 2.33. The molecule has 5 rings (SSSR count). The Labute approximate surface area is 203 Å². The van der Waals surface area contributed by atoms with Crippen molar-refractivity contribution in [2.24, 2.45) is 0 Å². The first-order valence-corrected chi connectivity index (χ1v) is 11.6. The maximum atomic E-state index is 13.2. The van der Waals surface area contributed by atoms with Crippen molar-refractivity contribution in [2.45, 2.75) is 13.0 Å². The third-order valence-corrected chi connectivity index (χ3v) is 6.30. The van der Waals surface area contributed by atoms with Crippen molar-refractivity contribution in [3.05, 3.63) is 70.4 Å². The van der Waals surface area contributed by atoms with Gasteiger partial charge in [-0.3, -0.25) is 4.79 Å². The van der Waals surface area contributed by atoms with Crippen LogP contribution < -0.4 is 14.4 Å². The van der Waals surface area contributed by atoms with Crippen molar-refractivity contribution in [3.63, 3.8) is 0 Å². The van der Waals surface area contributed by atoms with Gasteiger partial charge in [0, 0.05) is 26.1 Å². The van der Waals surface area contributed by atoms with Gasteiger partial charge >= 0.3 is 0 Å². The first-order valence-electron chi connectivity index (χ1n) is 11.2. The predicted octanol–water partition coefficient (Wildman–Crippen LogP) is 3.97. The molecule has 3 heterocycles. The number of carbonyl (C=O) groups is 1. The Hall–Kier alpha value is -3.36. The lowest BCUT2D eigenvalue weighted by molar-refractivity contribution is 0.0732. The number of carbonyl (C=O) groups excluding carboxylic acids is 1. The van der Waals surface area contributed by atoms with Crippen LogP contribution in [0.5, 0.6) is 17.4 Å². The minimum absolute atomic E-state index is 0.121. The highest BCUT2D eigenvalue weighted by molar-refractivity contribution is 6.33. The molecule has 176 valence electrons. The van der Waals surface area contributed by atoms with Gasteiger partial charge in [0.15, 0.2) is 0 Å². The Balaban J connectivity index is 1.48. The van der Waals surface area contributed by atoms with E-state index >= 15 is 0 Å². The van der Waals surface area contributed by atoms with E-state index in [-0.39, 0.29) is 5.91 Å². The van der Waals surface area contributed by atoms with Crippen LogP contribution in [0.4, 0.5) is 5.95 Å². The topological polar surface area (TPSA) is 77.0 Å². The second kappa shape index (κ2) is 9.87. The number of morpholine rings is 1. The van der Waals surface area contributed by atoms with Crippen LogP contribution in [-0.2, 0) is 17.7 Å². The Morgan fingerprint density at radius 1 is 1.00 bits per heavy atom. The van der Waals surface area contributed by atoms with Crippen molar-refractivity contribution >= 4 is 23.5 Å². The molecule has 0 atom stereocenters. The fourth-order valence-electron chi connectivity index (χ4n) is 4.09. The summed E-state index contributed by atoms with van der Waals surface area (Å²) in [6, 6.07) is 14.4. The molecule has 1 fully saturated rings. The number of amides is 1. The quantitative estimate of drug-likeness (QED) is 0.547. The Bertz CT molecular complexity index is 1180. The molecule has 0 N–H and O–H groups in total. The van der Waals surface area contributed by atoms with Gasteiger partial charge in [0.2, 0.25) is 11.8 Å². The zero-order valence-electron chi connectivity index (χ0n) is 18.9. The molecular weight excluding hydrogens is 456 g/mol. The SMILES string of the molecule is COc1ccc(Oc2nc(N3CCOCC3)nc3c2CN(C(=O)c2ccccc2Cl)CC3)cc1. The number of halogens is 1. The summed E-state index contributed by atoms with van der Waals surface area (Å²) in [5, 5.41) is 0.437. The number of nitrogens with zero attached hydrogens (tertiary/aromatic N) is 4. The molecule has 0 bridgehead atoms. The smallest absolute Gasteiger partial charge is 0.255 e. The molecule has 2 aliphatic heterocycles. The van der Waals surface area contributed by atoms with Crippen molar-refractivity contribution in [2.75, 3.05) is 44.9 Å². The number of fused-ring (bicyclic) bond motifs is 1. The number of hydrogen-bond donors (Lipinski definition) is 0. The van der Waals surface area contributed by atoms with Crippen molar-refractivity contribution in [3.8, 4) is 17.4 Å². The third-order valence-electron chi connectivity index (χ3n) is 5.97. The van der Waals surface area contributed by atoms with Crippen LogP contribution >= 0.6 is 11.6 Å². The van der Waals surface area contributed by atoms with E-state index < -0.39 is 0 Å². The monoisotopic (exact) mass is 480 g/mol. The van der Waals surface area contributed by atoms with Crippen LogP contribution in [-0.4, -0.2) is 60.7 Å². The lowest BCUT2D eigenvalue weighted by atomic mass is 10.1. The summed E-state index contributed by atoms with van der Waals surface area (Å²) in [4.78, 5) is 26.7. The van der Waals surface area contributed by atoms with Crippen LogP contribution in [0.15, 0.2) is 48.5 Å². The number of rotatable bonds is 5. The minimum atomic E-state index is -0.121. The molecule has 2 aromatic carbocycles. The number of methoxy groups -OCH3 is 1. The third kappa shape index (κ3) is 4.64. The molecule has 0 spiro atoms. The summed E-state index contributed by atoms with van der Waals surface area (Å²) in [6.45, 7) is 3.59. The van der Waals surface area contributed by atoms with Gasteiger partial charge in [-0.1, -0.05) is 23.7 Å². The molecule has 1 aromatic heterocycles. The molecule has 2 aliphatic rings. The van der Waals surface area contributed by atoms with E-state index in [9.17, 15) is 4.79 Å². The van der Waals surface area contributed by atoms with E-state index in [2.05, 4.69) is 4.90 Å².